The summed E-state index contributed by atoms with van der Waals surface area (Å²) >= 11 is 1.86. The Morgan fingerprint density at radius 3 is 2.24 bits per heavy atom. The fraction of sp³-hybridized carbons (Fsp3) is 0.276. The number of aliphatic carboxylic acids is 1. The summed E-state index contributed by atoms with van der Waals surface area (Å²) in [6.07, 6.45) is 8.06. The van der Waals surface area contributed by atoms with Crippen LogP contribution in [0.1, 0.15) is 37.3 Å². The lowest BCUT2D eigenvalue weighted by molar-refractivity contribution is -0.140. The molecular formula is C29H32O3S. The number of methoxy groups -OCH3 is 1. The molecule has 1 saturated carbocycles. The van der Waals surface area contributed by atoms with Crippen molar-refractivity contribution in [2.75, 3.05) is 18.6 Å². The van der Waals surface area contributed by atoms with Crippen LogP contribution in [0.2, 0.25) is 0 Å². The minimum absolute atomic E-state index is 0.661. The summed E-state index contributed by atoms with van der Waals surface area (Å²) in [5.41, 5.74) is 5.78. The number of ether oxygens (including phenoxy) is 1. The molecule has 0 unspecified atom stereocenters. The third-order valence-corrected chi connectivity index (χ3v) is 7.11. The van der Waals surface area contributed by atoms with E-state index >= 15 is 0 Å². The van der Waals surface area contributed by atoms with Gasteiger partial charge in [-0.05, 0) is 59.8 Å². The number of carboxylic acid groups (broad SMARTS) is 1. The first-order valence-corrected chi connectivity index (χ1v) is 12.3. The van der Waals surface area contributed by atoms with Gasteiger partial charge in [0.25, 0.3) is 0 Å². The molecule has 0 aromatic heterocycles. The highest BCUT2D eigenvalue weighted by Gasteiger charge is 2.51. The molecule has 3 nitrogen and oxygen atoms in total. The zero-order chi connectivity index (χ0) is 23.8. The lowest BCUT2D eigenvalue weighted by Crippen LogP contribution is -2.19. The van der Waals surface area contributed by atoms with Gasteiger partial charge in [0, 0.05) is 11.3 Å². The monoisotopic (exact) mass is 460 g/mol. The highest BCUT2D eigenvalue weighted by Crippen LogP contribution is 2.48. The van der Waals surface area contributed by atoms with Crippen molar-refractivity contribution >= 4 is 23.5 Å². The smallest absolute Gasteiger partial charge is 0.314 e. The molecule has 4 heteroatoms. The van der Waals surface area contributed by atoms with E-state index in [1.807, 2.05) is 48.2 Å². The number of carbonyl (C=O) groups is 1. The topological polar surface area (TPSA) is 46.5 Å². The Morgan fingerprint density at radius 1 is 1.12 bits per heavy atom. The molecule has 3 rings (SSSR count). The number of rotatable bonds is 12. The highest BCUT2D eigenvalue weighted by molar-refractivity contribution is 7.99. The summed E-state index contributed by atoms with van der Waals surface area (Å²) in [7, 11) is 1.72. The molecule has 172 valence electrons. The Bertz CT molecular complexity index is 1060. The maximum absolute atomic E-state index is 11.5. The van der Waals surface area contributed by atoms with Gasteiger partial charge in [0.15, 0.2) is 0 Å². The molecule has 33 heavy (non-hydrogen) atoms. The maximum atomic E-state index is 11.5. The van der Waals surface area contributed by atoms with E-state index in [2.05, 4.69) is 44.3 Å². The van der Waals surface area contributed by atoms with Crippen LogP contribution in [-0.2, 0) is 14.9 Å². The molecule has 0 aliphatic heterocycles. The minimum atomic E-state index is -0.721. The summed E-state index contributed by atoms with van der Waals surface area (Å²) in [5, 5.41) is 9.49. The average molecular weight is 461 g/mol. The van der Waals surface area contributed by atoms with Crippen molar-refractivity contribution in [2.24, 2.45) is 0 Å². The number of benzene rings is 2. The van der Waals surface area contributed by atoms with Crippen molar-refractivity contribution in [2.45, 2.75) is 31.6 Å². The standard InChI is InChI=1S/C29H32O3S/c1-5-6-7-21(2)20-33-19-16-22(3)27(32-4)25-10-8-23(9-11-25)24-12-14-26(15-13-24)29(17-18-29)28(30)31/h5-15H,1-2,16-20H2,3-4H3,(H,30,31). The summed E-state index contributed by atoms with van der Waals surface area (Å²) in [6.45, 7) is 9.85. The Balaban J connectivity index is 1.63. The van der Waals surface area contributed by atoms with Crippen LogP contribution in [0.3, 0.4) is 0 Å². The van der Waals surface area contributed by atoms with Gasteiger partial charge >= 0.3 is 5.97 Å². The summed E-state index contributed by atoms with van der Waals surface area (Å²) in [4.78, 5) is 11.5. The van der Waals surface area contributed by atoms with Gasteiger partial charge in [-0.2, -0.15) is 11.8 Å². The fourth-order valence-corrected chi connectivity index (χ4v) is 4.83. The van der Waals surface area contributed by atoms with Gasteiger partial charge in [-0.1, -0.05) is 79.9 Å². The van der Waals surface area contributed by atoms with Crippen LogP contribution in [0.25, 0.3) is 16.9 Å². The van der Waals surface area contributed by atoms with Crippen LogP contribution >= 0.6 is 11.8 Å². The molecule has 0 heterocycles. The van der Waals surface area contributed by atoms with Gasteiger partial charge in [-0.15, -0.1) is 0 Å². The molecule has 0 bridgehead atoms. The van der Waals surface area contributed by atoms with E-state index in [4.69, 9.17) is 4.74 Å². The van der Waals surface area contributed by atoms with Crippen LogP contribution < -0.4 is 0 Å². The predicted molar refractivity (Wildman–Crippen MR) is 140 cm³/mol. The second kappa shape index (κ2) is 11.2. The van der Waals surface area contributed by atoms with Crippen molar-refractivity contribution in [3.63, 3.8) is 0 Å². The summed E-state index contributed by atoms with van der Waals surface area (Å²) in [6, 6.07) is 16.3. The first kappa shape index (κ1) is 24.7. The second-order valence-electron chi connectivity index (χ2n) is 8.41. The Hall–Kier alpha value is -2.98. The molecule has 0 atom stereocenters. The van der Waals surface area contributed by atoms with E-state index in [1.54, 1.807) is 13.2 Å². The molecule has 0 radical (unpaired) electrons. The fourth-order valence-electron chi connectivity index (χ4n) is 3.88. The van der Waals surface area contributed by atoms with E-state index in [0.29, 0.717) is 0 Å². The van der Waals surface area contributed by atoms with Gasteiger partial charge in [0.05, 0.1) is 12.5 Å². The molecular weight excluding hydrogens is 428 g/mol. The predicted octanol–water partition coefficient (Wildman–Crippen LogP) is 7.27. The number of allylic oxidation sites excluding steroid dienone is 4. The number of hydrogen-bond donors (Lipinski definition) is 1. The lowest BCUT2D eigenvalue weighted by Gasteiger charge is -2.13. The van der Waals surface area contributed by atoms with Crippen molar-refractivity contribution in [3.05, 3.63) is 102 Å². The van der Waals surface area contributed by atoms with Crippen LogP contribution in [0.4, 0.5) is 0 Å². The molecule has 0 amide bonds. The van der Waals surface area contributed by atoms with Gasteiger partial charge in [-0.25, -0.2) is 0 Å². The third-order valence-electron chi connectivity index (χ3n) is 6.05. The van der Waals surface area contributed by atoms with E-state index in [1.165, 1.54) is 5.57 Å². The van der Waals surface area contributed by atoms with Crippen LogP contribution in [-0.4, -0.2) is 29.7 Å². The molecule has 2 aromatic carbocycles. The molecule has 0 saturated heterocycles. The van der Waals surface area contributed by atoms with Gasteiger partial charge in [0.1, 0.15) is 5.76 Å². The van der Waals surface area contributed by atoms with Crippen molar-refractivity contribution < 1.29 is 14.6 Å². The average Bonchev–Trinajstić information content (AvgIpc) is 3.64. The molecule has 1 aliphatic rings. The minimum Gasteiger partial charge on any atom is -0.496 e. The Morgan fingerprint density at radius 2 is 1.73 bits per heavy atom. The van der Waals surface area contributed by atoms with Crippen LogP contribution in [0.5, 0.6) is 0 Å². The summed E-state index contributed by atoms with van der Waals surface area (Å²) in [5.74, 6) is 2.10. The van der Waals surface area contributed by atoms with E-state index in [0.717, 1.165) is 64.4 Å². The zero-order valence-electron chi connectivity index (χ0n) is 19.5. The quantitative estimate of drug-likeness (QED) is 0.206. The van der Waals surface area contributed by atoms with Crippen LogP contribution in [0, 0.1) is 0 Å². The van der Waals surface area contributed by atoms with Gasteiger partial charge in [-0.3, -0.25) is 4.79 Å². The van der Waals surface area contributed by atoms with E-state index in [-0.39, 0.29) is 0 Å². The molecule has 1 aliphatic carbocycles. The summed E-state index contributed by atoms with van der Waals surface area (Å²) < 4.78 is 5.73. The number of carboxylic acids is 1. The van der Waals surface area contributed by atoms with E-state index in [9.17, 15) is 9.90 Å². The molecule has 2 aromatic rings. The van der Waals surface area contributed by atoms with Crippen molar-refractivity contribution in [3.8, 4) is 11.1 Å². The number of thioether (sulfide) groups is 1. The molecule has 1 N–H and O–H groups in total. The SMILES string of the molecule is C=CC=CC(=C)CSCCC(C)=C(OC)c1ccc(-c2ccc(C3(C(=O)O)CC3)cc2)cc1. The number of hydrogen-bond acceptors (Lipinski definition) is 3. The second-order valence-corrected chi connectivity index (χ2v) is 9.52. The first-order valence-electron chi connectivity index (χ1n) is 11.1. The largest absolute Gasteiger partial charge is 0.496 e. The Kier molecular flexibility index (Phi) is 8.40. The van der Waals surface area contributed by atoms with Gasteiger partial charge < -0.3 is 9.84 Å². The van der Waals surface area contributed by atoms with Crippen LogP contribution in [0.15, 0.2) is 91.1 Å². The lowest BCUT2D eigenvalue weighted by atomic mass is 9.93. The third kappa shape index (κ3) is 6.08. The Labute approximate surface area is 201 Å². The zero-order valence-corrected chi connectivity index (χ0v) is 20.3. The maximum Gasteiger partial charge on any atom is 0.314 e. The highest BCUT2D eigenvalue weighted by atomic mass is 32.2. The first-order chi connectivity index (χ1) is 15.9. The van der Waals surface area contributed by atoms with Crippen molar-refractivity contribution in [1.82, 2.24) is 0 Å². The van der Waals surface area contributed by atoms with E-state index < -0.39 is 11.4 Å². The normalized spacial score (nSPS) is 15.1. The molecule has 1 fully saturated rings. The van der Waals surface area contributed by atoms with Crippen molar-refractivity contribution in [1.29, 1.82) is 0 Å². The molecule has 0 spiro atoms. The van der Waals surface area contributed by atoms with Gasteiger partial charge in [0.2, 0.25) is 0 Å².